The standard InChI is InChI=1S/C15H23NS/c1-11(2)15(16)12-7-9-14(10-8-12)17-13-5-3-4-6-13/h7-11,13,15H,3-6,16H2,1-2H3. The van der Waals surface area contributed by atoms with Crippen molar-refractivity contribution < 1.29 is 0 Å². The molecule has 0 radical (unpaired) electrons. The van der Waals surface area contributed by atoms with Crippen molar-refractivity contribution in [1.29, 1.82) is 0 Å². The Bertz CT molecular complexity index is 338. The average Bonchev–Trinajstić information content (AvgIpc) is 2.82. The minimum Gasteiger partial charge on any atom is -0.324 e. The third-order valence-corrected chi connectivity index (χ3v) is 4.94. The molecule has 1 saturated carbocycles. The molecule has 0 heterocycles. The Labute approximate surface area is 109 Å². The van der Waals surface area contributed by atoms with Gasteiger partial charge in [-0.15, -0.1) is 11.8 Å². The summed E-state index contributed by atoms with van der Waals surface area (Å²) in [7, 11) is 0. The van der Waals surface area contributed by atoms with Crippen LogP contribution in [-0.2, 0) is 0 Å². The smallest absolute Gasteiger partial charge is 0.0318 e. The largest absolute Gasteiger partial charge is 0.324 e. The van der Waals surface area contributed by atoms with Gasteiger partial charge >= 0.3 is 0 Å². The lowest BCUT2D eigenvalue weighted by Crippen LogP contribution is -2.16. The molecule has 2 heteroatoms. The summed E-state index contributed by atoms with van der Waals surface area (Å²) in [6, 6.07) is 9.03. The zero-order chi connectivity index (χ0) is 12.3. The quantitative estimate of drug-likeness (QED) is 0.857. The zero-order valence-electron chi connectivity index (χ0n) is 10.9. The molecule has 94 valence electrons. The number of hydrogen-bond acceptors (Lipinski definition) is 2. The predicted molar refractivity (Wildman–Crippen MR) is 76.3 cm³/mol. The van der Waals surface area contributed by atoms with Crippen molar-refractivity contribution in [3.63, 3.8) is 0 Å². The molecule has 1 aliphatic carbocycles. The fourth-order valence-electron chi connectivity index (χ4n) is 2.35. The Morgan fingerprint density at radius 3 is 2.24 bits per heavy atom. The lowest BCUT2D eigenvalue weighted by Gasteiger charge is -2.16. The highest BCUT2D eigenvalue weighted by Gasteiger charge is 2.16. The number of nitrogens with two attached hydrogens (primary N) is 1. The molecule has 0 amide bonds. The summed E-state index contributed by atoms with van der Waals surface area (Å²) in [5.74, 6) is 0.503. The number of rotatable bonds is 4. The maximum atomic E-state index is 6.14. The van der Waals surface area contributed by atoms with E-state index in [0.717, 1.165) is 5.25 Å². The molecule has 2 N–H and O–H groups in total. The Kier molecular flexibility index (Phi) is 4.52. The minimum absolute atomic E-state index is 0.167. The van der Waals surface area contributed by atoms with Gasteiger partial charge in [0.1, 0.15) is 0 Å². The summed E-state index contributed by atoms with van der Waals surface area (Å²) in [5, 5.41) is 0.847. The first-order valence-corrected chi connectivity index (χ1v) is 7.57. The highest BCUT2D eigenvalue weighted by Crippen LogP contribution is 2.35. The molecule has 1 fully saturated rings. The fraction of sp³-hybridized carbons (Fsp3) is 0.600. The predicted octanol–water partition coefficient (Wildman–Crippen LogP) is 4.38. The van der Waals surface area contributed by atoms with Crippen LogP contribution >= 0.6 is 11.8 Å². The van der Waals surface area contributed by atoms with E-state index < -0.39 is 0 Å². The molecule has 0 bridgehead atoms. The van der Waals surface area contributed by atoms with Crippen LogP contribution < -0.4 is 5.73 Å². The van der Waals surface area contributed by atoms with Crippen LogP contribution in [0.3, 0.4) is 0 Å². The average molecular weight is 249 g/mol. The van der Waals surface area contributed by atoms with Crippen molar-refractivity contribution >= 4 is 11.8 Å². The summed E-state index contributed by atoms with van der Waals surface area (Å²) in [4.78, 5) is 1.40. The van der Waals surface area contributed by atoms with Gasteiger partial charge in [-0.2, -0.15) is 0 Å². The van der Waals surface area contributed by atoms with Crippen molar-refractivity contribution in [2.75, 3.05) is 0 Å². The molecule has 2 rings (SSSR count). The van der Waals surface area contributed by atoms with Crippen LogP contribution in [0.2, 0.25) is 0 Å². The summed E-state index contributed by atoms with van der Waals surface area (Å²) in [5.41, 5.74) is 7.40. The van der Waals surface area contributed by atoms with Gasteiger partial charge in [0.15, 0.2) is 0 Å². The third kappa shape index (κ3) is 3.49. The van der Waals surface area contributed by atoms with Gasteiger partial charge in [-0.05, 0) is 36.5 Å². The summed E-state index contributed by atoms with van der Waals surface area (Å²) in [6.45, 7) is 4.34. The van der Waals surface area contributed by atoms with E-state index in [4.69, 9.17) is 5.73 Å². The van der Waals surface area contributed by atoms with E-state index in [2.05, 4.69) is 38.1 Å². The van der Waals surface area contributed by atoms with E-state index in [-0.39, 0.29) is 6.04 Å². The van der Waals surface area contributed by atoms with Gasteiger partial charge in [-0.1, -0.05) is 38.8 Å². The van der Waals surface area contributed by atoms with Gasteiger partial charge in [-0.25, -0.2) is 0 Å². The van der Waals surface area contributed by atoms with Crippen molar-refractivity contribution in [1.82, 2.24) is 0 Å². The second-order valence-corrected chi connectivity index (χ2v) is 6.74. The first-order valence-electron chi connectivity index (χ1n) is 6.69. The molecule has 1 unspecified atom stereocenters. The first-order chi connectivity index (χ1) is 8.16. The van der Waals surface area contributed by atoms with Gasteiger partial charge in [0.05, 0.1) is 0 Å². The van der Waals surface area contributed by atoms with E-state index in [0.29, 0.717) is 5.92 Å². The van der Waals surface area contributed by atoms with Gasteiger partial charge in [0.25, 0.3) is 0 Å². The Balaban J connectivity index is 1.97. The second kappa shape index (κ2) is 5.92. The van der Waals surface area contributed by atoms with E-state index in [9.17, 15) is 0 Å². The molecule has 1 nitrogen and oxygen atoms in total. The molecular weight excluding hydrogens is 226 g/mol. The van der Waals surface area contributed by atoms with Crippen LogP contribution in [0.1, 0.15) is 51.1 Å². The first kappa shape index (κ1) is 13.0. The van der Waals surface area contributed by atoms with Gasteiger partial charge in [0, 0.05) is 16.2 Å². The van der Waals surface area contributed by atoms with E-state index in [1.807, 2.05) is 11.8 Å². The molecule has 1 atom stereocenters. The Hall–Kier alpha value is -0.470. The zero-order valence-corrected chi connectivity index (χ0v) is 11.7. The molecule has 17 heavy (non-hydrogen) atoms. The lowest BCUT2D eigenvalue weighted by atomic mass is 9.97. The molecule has 0 aliphatic heterocycles. The van der Waals surface area contributed by atoms with Gasteiger partial charge in [-0.3, -0.25) is 0 Å². The normalized spacial score (nSPS) is 18.8. The van der Waals surface area contributed by atoms with E-state index in [1.54, 1.807) is 0 Å². The van der Waals surface area contributed by atoms with Crippen molar-refractivity contribution in [2.45, 2.75) is 55.7 Å². The maximum Gasteiger partial charge on any atom is 0.0318 e. The lowest BCUT2D eigenvalue weighted by molar-refractivity contribution is 0.514. The number of hydrogen-bond donors (Lipinski definition) is 1. The van der Waals surface area contributed by atoms with Crippen molar-refractivity contribution in [3.05, 3.63) is 29.8 Å². The molecule has 0 saturated heterocycles. The highest BCUT2D eigenvalue weighted by atomic mass is 32.2. The fourth-order valence-corrected chi connectivity index (χ4v) is 3.60. The monoisotopic (exact) mass is 249 g/mol. The van der Waals surface area contributed by atoms with Crippen LogP contribution in [0.5, 0.6) is 0 Å². The highest BCUT2D eigenvalue weighted by molar-refractivity contribution is 8.00. The Morgan fingerprint density at radius 1 is 1.12 bits per heavy atom. The molecular formula is C15H23NS. The number of benzene rings is 1. The summed E-state index contributed by atoms with van der Waals surface area (Å²) in [6.07, 6.45) is 5.60. The topological polar surface area (TPSA) is 26.0 Å². The van der Waals surface area contributed by atoms with Crippen molar-refractivity contribution in [3.8, 4) is 0 Å². The van der Waals surface area contributed by atoms with E-state index in [1.165, 1.54) is 36.1 Å². The van der Waals surface area contributed by atoms with Gasteiger partial charge in [0.2, 0.25) is 0 Å². The SMILES string of the molecule is CC(C)C(N)c1ccc(SC2CCCC2)cc1. The van der Waals surface area contributed by atoms with Crippen LogP contribution in [-0.4, -0.2) is 5.25 Å². The van der Waals surface area contributed by atoms with Crippen LogP contribution in [0.4, 0.5) is 0 Å². The minimum atomic E-state index is 0.167. The number of thioether (sulfide) groups is 1. The van der Waals surface area contributed by atoms with Crippen LogP contribution in [0.15, 0.2) is 29.2 Å². The summed E-state index contributed by atoms with van der Waals surface area (Å²) < 4.78 is 0. The third-order valence-electron chi connectivity index (χ3n) is 3.59. The van der Waals surface area contributed by atoms with Crippen molar-refractivity contribution in [2.24, 2.45) is 11.7 Å². The van der Waals surface area contributed by atoms with Crippen LogP contribution in [0, 0.1) is 5.92 Å². The Morgan fingerprint density at radius 2 is 1.71 bits per heavy atom. The van der Waals surface area contributed by atoms with E-state index >= 15 is 0 Å². The second-order valence-electron chi connectivity index (χ2n) is 5.36. The molecule has 1 aromatic carbocycles. The summed E-state index contributed by atoms with van der Waals surface area (Å²) >= 11 is 2.04. The van der Waals surface area contributed by atoms with Gasteiger partial charge < -0.3 is 5.73 Å². The molecule has 0 aromatic heterocycles. The molecule has 1 aliphatic rings. The molecule has 0 spiro atoms. The maximum absolute atomic E-state index is 6.14. The molecule has 1 aromatic rings. The van der Waals surface area contributed by atoms with Crippen LogP contribution in [0.25, 0.3) is 0 Å².